The Morgan fingerprint density at radius 2 is 2.12 bits per heavy atom. The topological polar surface area (TPSA) is 64.6 Å². The fraction of sp³-hybridized carbons (Fsp3) is 0.389. The molecule has 0 saturated heterocycles. The van der Waals surface area contributed by atoms with Crippen LogP contribution in [-0.2, 0) is 6.42 Å². The second-order valence-electron chi connectivity index (χ2n) is 6.30. The van der Waals surface area contributed by atoms with Gasteiger partial charge >= 0.3 is 6.03 Å². The molecule has 128 valence electrons. The number of benzene rings is 1. The highest BCUT2D eigenvalue weighted by atomic mass is 32.1. The maximum absolute atomic E-state index is 12.3. The van der Waals surface area contributed by atoms with Gasteiger partial charge in [0.25, 0.3) is 0 Å². The van der Waals surface area contributed by atoms with E-state index in [1.807, 2.05) is 49.8 Å². The standard InChI is InChI=1S/C18H23N3O2S/c1-21(2)14(16-8-5-9-24-16)11-19-18(23)20-17-13-7-4-3-6-12(13)10-15(17)22/h3-9,14-15,17,22H,10-11H2,1-2H3,(H2,19,20,23)/t14-,15-,17+/m0/s1. The number of nitrogens with one attached hydrogen (secondary N) is 2. The lowest BCUT2D eigenvalue weighted by molar-refractivity contribution is 0.142. The molecule has 3 atom stereocenters. The molecule has 0 aliphatic heterocycles. The van der Waals surface area contributed by atoms with Crippen LogP contribution in [0.5, 0.6) is 0 Å². The molecule has 1 aromatic carbocycles. The van der Waals surface area contributed by atoms with Crippen LogP contribution in [0.3, 0.4) is 0 Å². The zero-order chi connectivity index (χ0) is 17.1. The van der Waals surface area contributed by atoms with Gasteiger partial charge in [-0.1, -0.05) is 30.3 Å². The zero-order valence-corrected chi connectivity index (χ0v) is 14.7. The first kappa shape index (κ1) is 17.0. The molecule has 0 bridgehead atoms. The summed E-state index contributed by atoms with van der Waals surface area (Å²) in [7, 11) is 4.00. The van der Waals surface area contributed by atoms with E-state index in [2.05, 4.69) is 21.6 Å². The van der Waals surface area contributed by atoms with E-state index in [9.17, 15) is 9.90 Å². The second kappa shape index (κ2) is 7.34. The third kappa shape index (κ3) is 3.61. The predicted molar refractivity (Wildman–Crippen MR) is 96.2 cm³/mol. The molecule has 0 unspecified atom stereocenters. The molecule has 5 nitrogen and oxygen atoms in total. The number of rotatable bonds is 5. The molecule has 1 heterocycles. The molecule has 1 aromatic heterocycles. The van der Waals surface area contributed by atoms with Crippen molar-refractivity contribution in [2.75, 3.05) is 20.6 Å². The molecule has 1 aliphatic rings. The number of hydrogen-bond acceptors (Lipinski definition) is 4. The Bertz CT molecular complexity index is 687. The summed E-state index contributed by atoms with van der Waals surface area (Å²) in [6.07, 6.45) is 0.00601. The first-order chi connectivity index (χ1) is 11.6. The lowest BCUT2D eigenvalue weighted by Gasteiger charge is -2.24. The van der Waals surface area contributed by atoms with Gasteiger partial charge in [0, 0.05) is 17.8 Å². The largest absolute Gasteiger partial charge is 0.390 e. The van der Waals surface area contributed by atoms with E-state index in [0.717, 1.165) is 11.1 Å². The fourth-order valence-electron chi connectivity index (χ4n) is 3.15. The number of carbonyl (C=O) groups is 1. The highest BCUT2D eigenvalue weighted by Crippen LogP contribution is 2.31. The first-order valence-electron chi connectivity index (χ1n) is 8.06. The van der Waals surface area contributed by atoms with E-state index in [-0.39, 0.29) is 18.1 Å². The Kier molecular flexibility index (Phi) is 5.18. The summed E-state index contributed by atoms with van der Waals surface area (Å²) in [5.41, 5.74) is 2.10. The third-order valence-electron chi connectivity index (χ3n) is 4.44. The number of nitrogens with zero attached hydrogens (tertiary/aromatic N) is 1. The summed E-state index contributed by atoms with van der Waals surface area (Å²) in [5.74, 6) is 0. The molecule has 2 amide bonds. The molecule has 2 aromatic rings. The van der Waals surface area contributed by atoms with Gasteiger partial charge in [-0.3, -0.25) is 0 Å². The summed E-state index contributed by atoms with van der Waals surface area (Å²) < 4.78 is 0. The zero-order valence-electron chi connectivity index (χ0n) is 13.9. The molecular weight excluding hydrogens is 322 g/mol. The lowest BCUT2D eigenvalue weighted by Crippen LogP contribution is -2.43. The fourth-order valence-corrected chi connectivity index (χ4v) is 4.07. The van der Waals surface area contributed by atoms with Crippen LogP contribution in [0.2, 0.25) is 0 Å². The van der Waals surface area contributed by atoms with Gasteiger partial charge in [-0.2, -0.15) is 0 Å². The summed E-state index contributed by atoms with van der Waals surface area (Å²) >= 11 is 1.68. The van der Waals surface area contributed by atoms with Crippen molar-refractivity contribution in [1.29, 1.82) is 0 Å². The molecule has 24 heavy (non-hydrogen) atoms. The Labute approximate surface area is 146 Å². The molecule has 1 aliphatic carbocycles. The molecule has 0 spiro atoms. The number of aliphatic hydroxyl groups excluding tert-OH is 1. The molecule has 0 radical (unpaired) electrons. The quantitative estimate of drug-likeness (QED) is 0.779. The van der Waals surface area contributed by atoms with Crippen molar-refractivity contribution in [3.8, 4) is 0 Å². The Balaban J connectivity index is 1.60. The minimum absolute atomic E-state index is 0.136. The number of aliphatic hydroxyl groups is 1. The number of hydrogen-bond donors (Lipinski definition) is 3. The van der Waals surface area contributed by atoms with Crippen molar-refractivity contribution in [2.45, 2.75) is 24.6 Å². The van der Waals surface area contributed by atoms with Gasteiger partial charge in [0.2, 0.25) is 0 Å². The van der Waals surface area contributed by atoms with Crippen molar-refractivity contribution >= 4 is 17.4 Å². The molecule has 0 saturated carbocycles. The number of amides is 2. The van der Waals surface area contributed by atoms with Gasteiger partial charge in [0.1, 0.15) is 0 Å². The Hall–Kier alpha value is -1.89. The predicted octanol–water partition coefficient (Wildman–Crippen LogP) is 2.31. The smallest absolute Gasteiger partial charge is 0.315 e. The van der Waals surface area contributed by atoms with Crippen LogP contribution in [0, 0.1) is 0 Å². The summed E-state index contributed by atoms with van der Waals surface area (Å²) in [6, 6.07) is 11.5. The maximum Gasteiger partial charge on any atom is 0.315 e. The van der Waals surface area contributed by atoms with Crippen LogP contribution in [0.25, 0.3) is 0 Å². The van der Waals surface area contributed by atoms with E-state index in [0.29, 0.717) is 13.0 Å². The van der Waals surface area contributed by atoms with Gasteiger partial charge in [0.05, 0.1) is 18.2 Å². The molecular formula is C18H23N3O2S. The number of fused-ring (bicyclic) bond motifs is 1. The van der Waals surface area contributed by atoms with E-state index in [1.165, 1.54) is 4.88 Å². The van der Waals surface area contributed by atoms with Crippen molar-refractivity contribution < 1.29 is 9.90 Å². The summed E-state index contributed by atoms with van der Waals surface area (Å²) in [5, 5.41) is 18.1. The Morgan fingerprint density at radius 3 is 2.83 bits per heavy atom. The SMILES string of the molecule is CN(C)[C@@H](CNC(=O)N[C@@H]1c2ccccc2C[C@@H]1O)c1cccs1. The van der Waals surface area contributed by atoms with E-state index in [1.54, 1.807) is 11.3 Å². The first-order valence-corrected chi connectivity index (χ1v) is 8.94. The average Bonchev–Trinajstić information content (AvgIpc) is 3.16. The van der Waals surface area contributed by atoms with Gasteiger partial charge < -0.3 is 20.6 Å². The highest BCUT2D eigenvalue weighted by molar-refractivity contribution is 7.10. The van der Waals surface area contributed by atoms with Gasteiger partial charge in [0.15, 0.2) is 0 Å². The van der Waals surface area contributed by atoms with Crippen molar-refractivity contribution in [3.05, 3.63) is 57.8 Å². The van der Waals surface area contributed by atoms with Crippen LogP contribution >= 0.6 is 11.3 Å². The summed E-state index contributed by atoms with van der Waals surface area (Å²) in [6.45, 7) is 0.518. The van der Waals surface area contributed by atoms with Crippen LogP contribution in [0.15, 0.2) is 41.8 Å². The Morgan fingerprint density at radius 1 is 1.33 bits per heavy atom. The van der Waals surface area contributed by atoms with Crippen LogP contribution in [0.4, 0.5) is 4.79 Å². The molecule has 0 fully saturated rings. The maximum atomic E-state index is 12.3. The van der Waals surface area contributed by atoms with E-state index in [4.69, 9.17) is 0 Å². The molecule has 3 rings (SSSR count). The minimum atomic E-state index is -0.574. The van der Waals surface area contributed by atoms with Crippen molar-refractivity contribution in [3.63, 3.8) is 0 Å². The average molecular weight is 345 g/mol. The van der Waals surface area contributed by atoms with Crippen LogP contribution in [0.1, 0.15) is 28.1 Å². The summed E-state index contributed by atoms with van der Waals surface area (Å²) in [4.78, 5) is 15.6. The van der Waals surface area contributed by atoms with Crippen LogP contribution in [-0.4, -0.2) is 42.8 Å². The van der Waals surface area contributed by atoms with Crippen molar-refractivity contribution in [2.24, 2.45) is 0 Å². The number of likely N-dealkylation sites (N-methyl/N-ethyl adjacent to an activating group) is 1. The normalized spacial score (nSPS) is 20.7. The highest BCUT2D eigenvalue weighted by Gasteiger charge is 2.32. The van der Waals surface area contributed by atoms with Crippen molar-refractivity contribution in [1.82, 2.24) is 15.5 Å². The second-order valence-corrected chi connectivity index (χ2v) is 7.28. The van der Waals surface area contributed by atoms with Crippen LogP contribution < -0.4 is 10.6 Å². The molecule has 3 N–H and O–H groups in total. The van der Waals surface area contributed by atoms with Gasteiger partial charge in [-0.15, -0.1) is 11.3 Å². The number of urea groups is 1. The van der Waals surface area contributed by atoms with Gasteiger partial charge in [-0.25, -0.2) is 4.79 Å². The monoisotopic (exact) mass is 345 g/mol. The number of carbonyl (C=O) groups excluding carboxylic acids is 1. The molecule has 6 heteroatoms. The van der Waals surface area contributed by atoms with E-state index < -0.39 is 6.10 Å². The lowest BCUT2D eigenvalue weighted by atomic mass is 10.1. The number of thiophene rings is 1. The van der Waals surface area contributed by atoms with E-state index >= 15 is 0 Å². The minimum Gasteiger partial charge on any atom is -0.390 e. The third-order valence-corrected chi connectivity index (χ3v) is 5.42. The van der Waals surface area contributed by atoms with Gasteiger partial charge in [-0.05, 0) is 36.7 Å².